The highest BCUT2D eigenvalue weighted by atomic mass is 16.5. The summed E-state index contributed by atoms with van der Waals surface area (Å²) >= 11 is 0. The molecule has 1 aromatic rings. The maximum Gasteiger partial charge on any atom is 0.225 e. The van der Waals surface area contributed by atoms with Crippen molar-refractivity contribution >= 4 is 17.3 Å². The molecule has 0 fully saturated rings. The minimum absolute atomic E-state index is 0.0563. The molecule has 21 heavy (non-hydrogen) atoms. The zero-order valence-electron chi connectivity index (χ0n) is 12.3. The van der Waals surface area contributed by atoms with Crippen molar-refractivity contribution in [3.8, 4) is 6.07 Å². The van der Waals surface area contributed by atoms with Gasteiger partial charge < -0.3 is 15.8 Å². The van der Waals surface area contributed by atoms with Crippen molar-refractivity contribution < 1.29 is 9.53 Å². The fourth-order valence-corrected chi connectivity index (χ4v) is 1.81. The van der Waals surface area contributed by atoms with Crippen molar-refractivity contribution in [3.05, 3.63) is 24.3 Å². The lowest BCUT2D eigenvalue weighted by molar-refractivity contribution is -0.116. The van der Waals surface area contributed by atoms with E-state index in [1.807, 2.05) is 0 Å². The first-order chi connectivity index (χ1) is 10.2. The molecule has 114 valence electrons. The van der Waals surface area contributed by atoms with Crippen molar-refractivity contribution in [1.82, 2.24) is 4.90 Å². The fourth-order valence-electron chi connectivity index (χ4n) is 1.81. The number of ether oxygens (including phenoxy) is 1. The first-order valence-corrected chi connectivity index (χ1v) is 6.89. The van der Waals surface area contributed by atoms with Crippen molar-refractivity contribution in [1.29, 1.82) is 5.26 Å². The van der Waals surface area contributed by atoms with Gasteiger partial charge in [0.25, 0.3) is 0 Å². The molecule has 6 heteroatoms. The molecular formula is C15H22N4O2. The summed E-state index contributed by atoms with van der Waals surface area (Å²) < 4.78 is 5.03. The van der Waals surface area contributed by atoms with Gasteiger partial charge in [0.2, 0.25) is 5.91 Å². The summed E-state index contributed by atoms with van der Waals surface area (Å²) in [7, 11) is 1.64. The Labute approximate surface area is 125 Å². The van der Waals surface area contributed by atoms with E-state index in [0.29, 0.717) is 44.8 Å². The highest BCUT2D eigenvalue weighted by Crippen LogP contribution is 2.10. The summed E-state index contributed by atoms with van der Waals surface area (Å²) in [5, 5.41) is 11.5. The third kappa shape index (κ3) is 7.30. The first-order valence-electron chi connectivity index (χ1n) is 6.89. The lowest BCUT2D eigenvalue weighted by atomic mass is 10.2. The van der Waals surface area contributed by atoms with Gasteiger partial charge in [-0.2, -0.15) is 5.26 Å². The monoisotopic (exact) mass is 290 g/mol. The number of hydrogen-bond acceptors (Lipinski definition) is 5. The second kappa shape index (κ2) is 9.75. The van der Waals surface area contributed by atoms with Gasteiger partial charge in [0, 0.05) is 51.0 Å². The molecule has 6 nitrogen and oxygen atoms in total. The second-order valence-electron chi connectivity index (χ2n) is 4.66. The summed E-state index contributed by atoms with van der Waals surface area (Å²) in [4.78, 5) is 13.9. The maximum absolute atomic E-state index is 11.9. The largest absolute Gasteiger partial charge is 0.399 e. The van der Waals surface area contributed by atoms with Gasteiger partial charge in [0.1, 0.15) is 0 Å². The van der Waals surface area contributed by atoms with E-state index in [2.05, 4.69) is 16.3 Å². The van der Waals surface area contributed by atoms with Crippen LogP contribution in [0.25, 0.3) is 0 Å². The first kappa shape index (κ1) is 17.0. The van der Waals surface area contributed by atoms with Crippen LogP contribution >= 0.6 is 0 Å². The van der Waals surface area contributed by atoms with E-state index >= 15 is 0 Å². The van der Waals surface area contributed by atoms with Gasteiger partial charge in [-0.1, -0.05) is 0 Å². The lowest BCUT2D eigenvalue weighted by Crippen LogP contribution is -2.31. The molecule has 0 spiro atoms. The molecule has 1 aromatic carbocycles. The van der Waals surface area contributed by atoms with Crippen LogP contribution in [0.4, 0.5) is 11.4 Å². The minimum atomic E-state index is -0.0563. The molecule has 0 aliphatic rings. The van der Waals surface area contributed by atoms with Crippen LogP contribution in [0.2, 0.25) is 0 Å². The van der Waals surface area contributed by atoms with Gasteiger partial charge >= 0.3 is 0 Å². The third-order valence-corrected chi connectivity index (χ3v) is 3.00. The molecule has 0 bridgehead atoms. The van der Waals surface area contributed by atoms with Crippen LogP contribution in [0.3, 0.4) is 0 Å². The molecule has 1 rings (SSSR count). The lowest BCUT2D eigenvalue weighted by Gasteiger charge is -2.20. The quantitative estimate of drug-likeness (QED) is 0.672. The van der Waals surface area contributed by atoms with Gasteiger partial charge in [0.05, 0.1) is 12.7 Å². The number of nitrogens with one attached hydrogen (secondary N) is 1. The van der Waals surface area contributed by atoms with Gasteiger partial charge in [-0.25, -0.2) is 0 Å². The Morgan fingerprint density at radius 1 is 1.33 bits per heavy atom. The van der Waals surface area contributed by atoms with Crippen LogP contribution in [0.5, 0.6) is 0 Å². The molecular weight excluding hydrogens is 268 g/mol. The highest BCUT2D eigenvalue weighted by Gasteiger charge is 2.08. The average Bonchev–Trinajstić information content (AvgIpc) is 2.49. The van der Waals surface area contributed by atoms with E-state index in [4.69, 9.17) is 15.7 Å². The van der Waals surface area contributed by atoms with E-state index in [1.54, 1.807) is 31.4 Å². The number of benzene rings is 1. The van der Waals surface area contributed by atoms with Gasteiger partial charge in [-0.15, -0.1) is 0 Å². The smallest absolute Gasteiger partial charge is 0.225 e. The number of rotatable bonds is 9. The summed E-state index contributed by atoms with van der Waals surface area (Å²) in [6.45, 7) is 2.55. The standard InChI is InChI=1S/C15H22N4O2/c1-21-12-11-19(9-2-8-16)10-7-15(20)18-14-5-3-13(17)4-6-14/h3-6H,2,7,9-12,17H2,1H3,(H,18,20). The third-order valence-electron chi connectivity index (χ3n) is 3.00. The van der Waals surface area contributed by atoms with Crippen LogP contribution in [-0.4, -0.2) is 44.2 Å². The van der Waals surface area contributed by atoms with E-state index in [9.17, 15) is 4.79 Å². The number of amides is 1. The summed E-state index contributed by atoms with van der Waals surface area (Å²) in [6, 6.07) is 9.14. The molecule has 1 amide bonds. The number of nitrogens with two attached hydrogens (primary N) is 1. The van der Waals surface area contributed by atoms with E-state index in [0.717, 1.165) is 5.69 Å². The summed E-state index contributed by atoms with van der Waals surface area (Å²) in [5.74, 6) is -0.0563. The summed E-state index contributed by atoms with van der Waals surface area (Å²) in [5.41, 5.74) is 6.98. The SMILES string of the molecule is COCCN(CCC#N)CCC(=O)Nc1ccc(N)cc1. The molecule has 3 N–H and O–H groups in total. The topological polar surface area (TPSA) is 91.4 Å². The second-order valence-corrected chi connectivity index (χ2v) is 4.66. The van der Waals surface area contributed by atoms with E-state index in [-0.39, 0.29) is 5.91 Å². The number of anilines is 2. The van der Waals surface area contributed by atoms with E-state index in [1.165, 1.54) is 0 Å². The minimum Gasteiger partial charge on any atom is -0.399 e. The van der Waals surface area contributed by atoms with Crippen molar-refractivity contribution in [2.45, 2.75) is 12.8 Å². The Kier molecular flexibility index (Phi) is 7.87. The van der Waals surface area contributed by atoms with Crippen LogP contribution < -0.4 is 11.1 Å². The molecule has 0 saturated carbocycles. The normalized spacial score (nSPS) is 10.3. The summed E-state index contributed by atoms with van der Waals surface area (Å²) in [6.07, 6.45) is 0.822. The highest BCUT2D eigenvalue weighted by molar-refractivity contribution is 5.90. The maximum atomic E-state index is 11.9. The number of methoxy groups -OCH3 is 1. The molecule has 0 heterocycles. The molecule has 0 aliphatic heterocycles. The number of nitrogen functional groups attached to an aromatic ring is 1. The van der Waals surface area contributed by atoms with Crippen molar-refractivity contribution in [2.24, 2.45) is 0 Å². The van der Waals surface area contributed by atoms with Crippen molar-refractivity contribution in [3.63, 3.8) is 0 Å². The Bertz CT molecular complexity index is 468. The predicted molar refractivity (Wildman–Crippen MR) is 82.6 cm³/mol. The molecule has 0 aliphatic carbocycles. The average molecular weight is 290 g/mol. The van der Waals surface area contributed by atoms with E-state index < -0.39 is 0 Å². The number of nitriles is 1. The van der Waals surface area contributed by atoms with Gasteiger partial charge in [-0.3, -0.25) is 9.69 Å². The molecule has 0 aromatic heterocycles. The van der Waals surface area contributed by atoms with Gasteiger partial charge in [-0.05, 0) is 24.3 Å². The molecule has 0 saturated heterocycles. The zero-order chi connectivity index (χ0) is 15.5. The number of carbonyl (C=O) groups is 1. The molecule has 0 radical (unpaired) electrons. The van der Waals surface area contributed by atoms with Crippen LogP contribution in [0.1, 0.15) is 12.8 Å². The van der Waals surface area contributed by atoms with Crippen molar-refractivity contribution in [2.75, 3.05) is 44.4 Å². The Morgan fingerprint density at radius 2 is 2.05 bits per heavy atom. The zero-order valence-corrected chi connectivity index (χ0v) is 12.3. The van der Waals surface area contributed by atoms with Gasteiger partial charge in [0.15, 0.2) is 0 Å². The number of hydrogen-bond donors (Lipinski definition) is 2. The number of carbonyl (C=O) groups excluding carboxylic acids is 1. The predicted octanol–water partition coefficient (Wildman–Crippen LogP) is 1.46. The van der Waals surface area contributed by atoms with Crippen LogP contribution in [0, 0.1) is 11.3 Å². The fraction of sp³-hybridized carbons (Fsp3) is 0.467. The number of nitrogens with zero attached hydrogens (tertiary/aromatic N) is 2. The molecule has 0 atom stereocenters. The Morgan fingerprint density at radius 3 is 2.67 bits per heavy atom. The Balaban J connectivity index is 2.37. The van der Waals surface area contributed by atoms with Crippen LogP contribution in [-0.2, 0) is 9.53 Å². The molecule has 0 unspecified atom stereocenters. The van der Waals surface area contributed by atoms with Crippen LogP contribution in [0.15, 0.2) is 24.3 Å². The Hall–Kier alpha value is -2.10.